The maximum absolute atomic E-state index is 12.4. The van der Waals surface area contributed by atoms with Crippen LogP contribution in [0.4, 0.5) is 5.69 Å². The molecule has 1 amide bonds. The van der Waals surface area contributed by atoms with Crippen LogP contribution in [0.5, 0.6) is 5.75 Å². The largest absolute Gasteiger partial charge is 0.495 e. The van der Waals surface area contributed by atoms with Gasteiger partial charge in [-0.25, -0.2) is 0 Å². The molecule has 1 N–H and O–H groups in total. The van der Waals surface area contributed by atoms with Gasteiger partial charge in [0, 0.05) is 11.3 Å². The number of ether oxygens (including phenoxy) is 1. The number of hydrogen-bond donors (Lipinski definition) is 1. The van der Waals surface area contributed by atoms with E-state index in [-0.39, 0.29) is 11.3 Å². The highest BCUT2D eigenvalue weighted by Gasteiger charge is 2.10. The Labute approximate surface area is 154 Å². The number of methoxy groups -OCH3 is 1. The minimum Gasteiger partial charge on any atom is -0.495 e. The predicted octanol–water partition coefficient (Wildman–Crippen LogP) is 6.05. The van der Waals surface area contributed by atoms with E-state index in [1.165, 1.54) is 5.57 Å². The molecule has 0 aliphatic rings. The molecule has 0 saturated carbocycles. The molecule has 132 valence electrons. The van der Waals surface area contributed by atoms with Gasteiger partial charge in [0.15, 0.2) is 0 Å². The fourth-order valence-electron chi connectivity index (χ4n) is 2.56. The first kappa shape index (κ1) is 19.1. The number of allylic oxidation sites excluding steroid dienone is 2. The zero-order valence-electron chi connectivity index (χ0n) is 15.3. The Balaban J connectivity index is 2.13. The molecule has 2 aromatic rings. The highest BCUT2D eigenvalue weighted by molar-refractivity contribution is 6.32. The lowest BCUT2D eigenvalue weighted by Gasteiger charge is -2.14. The van der Waals surface area contributed by atoms with E-state index >= 15 is 0 Å². The molecule has 0 bridgehead atoms. The van der Waals surface area contributed by atoms with Crippen molar-refractivity contribution in [3.63, 3.8) is 0 Å². The van der Waals surface area contributed by atoms with E-state index in [4.69, 9.17) is 16.3 Å². The minimum absolute atomic E-state index is 0.119. The zero-order valence-corrected chi connectivity index (χ0v) is 16.1. The molecule has 0 saturated heterocycles. The molecular weight excluding hydrogens is 334 g/mol. The summed E-state index contributed by atoms with van der Waals surface area (Å²) in [5.41, 5.74) is 3.65. The standard InChI is InChI=1S/C21H24ClNO2/c1-14(13-21(2,3)4)15-6-8-16(9-7-15)20(24)23-17-10-11-19(25-5)18(22)12-17/h6-13H,1-5H3,(H,23,24)/b14-13+. The number of halogens is 1. The van der Waals surface area contributed by atoms with Crippen molar-refractivity contribution in [2.24, 2.45) is 5.41 Å². The van der Waals surface area contributed by atoms with Crippen molar-refractivity contribution in [1.82, 2.24) is 0 Å². The number of amides is 1. The van der Waals surface area contributed by atoms with Gasteiger partial charge in [0.25, 0.3) is 5.91 Å². The second-order valence-corrected chi connectivity index (χ2v) is 7.48. The van der Waals surface area contributed by atoms with Crippen molar-refractivity contribution < 1.29 is 9.53 Å². The molecule has 0 aliphatic heterocycles. The van der Waals surface area contributed by atoms with Gasteiger partial charge < -0.3 is 10.1 Å². The summed E-state index contributed by atoms with van der Waals surface area (Å²) >= 11 is 6.08. The van der Waals surface area contributed by atoms with E-state index in [9.17, 15) is 4.79 Å². The Morgan fingerprint density at radius 1 is 1.08 bits per heavy atom. The summed E-state index contributed by atoms with van der Waals surface area (Å²) in [6.07, 6.45) is 2.22. The van der Waals surface area contributed by atoms with Crippen molar-refractivity contribution in [2.75, 3.05) is 12.4 Å². The van der Waals surface area contributed by atoms with E-state index in [0.717, 1.165) is 5.56 Å². The van der Waals surface area contributed by atoms with Gasteiger partial charge in [-0.2, -0.15) is 0 Å². The number of carbonyl (C=O) groups is 1. The number of carbonyl (C=O) groups excluding carboxylic acids is 1. The van der Waals surface area contributed by atoms with E-state index in [0.29, 0.717) is 22.0 Å². The van der Waals surface area contributed by atoms with Crippen LogP contribution < -0.4 is 10.1 Å². The number of rotatable bonds is 4. The lowest BCUT2D eigenvalue weighted by Crippen LogP contribution is -2.11. The predicted molar refractivity (Wildman–Crippen MR) is 106 cm³/mol. The fourth-order valence-corrected chi connectivity index (χ4v) is 2.82. The van der Waals surface area contributed by atoms with E-state index in [1.54, 1.807) is 25.3 Å². The topological polar surface area (TPSA) is 38.3 Å². The summed E-state index contributed by atoms with van der Waals surface area (Å²) in [6, 6.07) is 12.7. The Morgan fingerprint density at radius 2 is 1.68 bits per heavy atom. The summed E-state index contributed by atoms with van der Waals surface area (Å²) in [4.78, 5) is 12.4. The highest BCUT2D eigenvalue weighted by atomic mass is 35.5. The van der Waals surface area contributed by atoms with Gasteiger partial charge in [0.1, 0.15) is 5.75 Å². The molecule has 25 heavy (non-hydrogen) atoms. The van der Waals surface area contributed by atoms with Gasteiger partial charge in [-0.15, -0.1) is 0 Å². The second kappa shape index (κ2) is 7.75. The van der Waals surface area contributed by atoms with Gasteiger partial charge in [-0.1, -0.05) is 50.6 Å². The molecule has 2 rings (SSSR count). The Hall–Kier alpha value is -2.26. The Bertz CT molecular complexity index is 787. The van der Waals surface area contributed by atoms with Crippen LogP contribution in [0, 0.1) is 5.41 Å². The molecule has 0 radical (unpaired) electrons. The molecule has 0 aliphatic carbocycles. The summed E-state index contributed by atoms with van der Waals surface area (Å²) in [6.45, 7) is 8.58. The molecule has 2 aromatic carbocycles. The van der Waals surface area contributed by atoms with Crippen LogP contribution in [0.25, 0.3) is 5.57 Å². The maximum atomic E-state index is 12.4. The molecule has 0 fully saturated rings. The number of anilines is 1. The number of benzene rings is 2. The van der Waals surface area contributed by atoms with Gasteiger partial charge in [0.05, 0.1) is 12.1 Å². The van der Waals surface area contributed by atoms with Crippen LogP contribution in [-0.4, -0.2) is 13.0 Å². The molecule has 0 unspecified atom stereocenters. The first-order valence-corrected chi connectivity index (χ1v) is 8.52. The second-order valence-electron chi connectivity index (χ2n) is 7.07. The molecule has 4 heteroatoms. The van der Waals surface area contributed by atoms with Crippen LogP contribution in [0.2, 0.25) is 5.02 Å². The third kappa shape index (κ3) is 5.36. The quantitative estimate of drug-likeness (QED) is 0.723. The summed E-state index contributed by atoms with van der Waals surface area (Å²) in [7, 11) is 1.55. The van der Waals surface area contributed by atoms with E-state index in [2.05, 4.69) is 39.1 Å². The van der Waals surface area contributed by atoms with Gasteiger partial charge >= 0.3 is 0 Å². The van der Waals surface area contributed by atoms with Crippen molar-refractivity contribution in [3.05, 3.63) is 64.7 Å². The Kier molecular flexibility index (Phi) is 5.91. The normalized spacial score (nSPS) is 12.0. The van der Waals surface area contributed by atoms with E-state index in [1.807, 2.05) is 24.3 Å². The summed E-state index contributed by atoms with van der Waals surface area (Å²) < 4.78 is 5.11. The summed E-state index contributed by atoms with van der Waals surface area (Å²) in [5, 5.41) is 3.30. The summed E-state index contributed by atoms with van der Waals surface area (Å²) in [5.74, 6) is 0.398. The molecule has 3 nitrogen and oxygen atoms in total. The molecule has 0 spiro atoms. The van der Waals surface area contributed by atoms with Crippen LogP contribution in [0.3, 0.4) is 0 Å². The van der Waals surface area contributed by atoms with Gasteiger partial charge in [-0.3, -0.25) is 4.79 Å². The van der Waals surface area contributed by atoms with Crippen LogP contribution in [0.15, 0.2) is 48.5 Å². The van der Waals surface area contributed by atoms with Gasteiger partial charge in [0.2, 0.25) is 0 Å². The van der Waals surface area contributed by atoms with Crippen molar-refractivity contribution in [3.8, 4) is 5.75 Å². The van der Waals surface area contributed by atoms with Crippen molar-refractivity contribution in [2.45, 2.75) is 27.7 Å². The van der Waals surface area contributed by atoms with Crippen LogP contribution in [-0.2, 0) is 0 Å². The lowest BCUT2D eigenvalue weighted by molar-refractivity contribution is 0.102. The fraction of sp³-hybridized carbons (Fsp3) is 0.286. The maximum Gasteiger partial charge on any atom is 0.255 e. The molecule has 0 heterocycles. The number of hydrogen-bond acceptors (Lipinski definition) is 2. The monoisotopic (exact) mass is 357 g/mol. The zero-order chi connectivity index (χ0) is 18.6. The van der Waals surface area contributed by atoms with Crippen LogP contribution >= 0.6 is 11.6 Å². The smallest absolute Gasteiger partial charge is 0.255 e. The molecule has 0 atom stereocenters. The molecular formula is C21H24ClNO2. The van der Waals surface area contributed by atoms with E-state index < -0.39 is 0 Å². The SMILES string of the molecule is COc1ccc(NC(=O)c2ccc(/C(C)=C/C(C)(C)C)cc2)cc1Cl. The average molecular weight is 358 g/mol. The highest BCUT2D eigenvalue weighted by Crippen LogP contribution is 2.27. The average Bonchev–Trinajstić information content (AvgIpc) is 2.53. The van der Waals surface area contributed by atoms with Crippen LogP contribution in [0.1, 0.15) is 43.6 Å². The molecule has 0 aromatic heterocycles. The first-order valence-electron chi connectivity index (χ1n) is 8.14. The lowest BCUT2D eigenvalue weighted by atomic mass is 9.91. The third-order valence-electron chi connectivity index (χ3n) is 3.66. The first-order chi connectivity index (χ1) is 11.7. The van der Waals surface area contributed by atoms with Crippen molar-refractivity contribution >= 4 is 28.8 Å². The van der Waals surface area contributed by atoms with Crippen molar-refractivity contribution in [1.29, 1.82) is 0 Å². The minimum atomic E-state index is -0.176. The number of nitrogens with one attached hydrogen (secondary N) is 1. The van der Waals surface area contributed by atoms with Gasteiger partial charge in [-0.05, 0) is 53.8 Å². The Morgan fingerprint density at radius 3 is 2.20 bits per heavy atom. The third-order valence-corrected chi connectivity index (χ3v) is 3.96.